The van der Waals surface area contributed by atoms with Crippen LogP contribution < -0.4 is 21.1 Å². The lowest BCUT2D eigenvalue weighted by molar-refractivity contribution is -0.121. The summed E-state index contributed by atoms with van der Waals surface area (Å²) in [4.78, 5) is 20.1. The first kappa shape index (κ1) is 20.6. The molecule has 3 aromatic rings. The van der Waals surface area contributed by atoms with Gasteiger partial charge in [0.05, 0.1) is 18.7 Å². The second-order valence-electron chi connectivity index (χ2n) is 6.50. The van der Waals surface area contributed by atoms with Crippen LogP contribution in [-0.4, -0.2) is 35.6 Å². The van der Waals surface area contributed by atoms with Gasteiger partial charge in [-0.05, 0) is 31.0 Å². The largest absolute Gasteiger partial charge is 0.493 e. The predicted octanol–water partition coefficient (Wildman–Crippen LogP) is 3.19. The van der Waals surface area contributed by atoms with Crippen molar-refractivity contribution in [1.29, 1.82) is 0 Å². The van der Waals surface area contributed by atoms with Gasteiger partial charge in [0.2, 0.25) is 11.7 Å². The molecule has 0 saturated heterocycles. The number of aromatic nitrogens is 2. The Morgan fingerprint density at radius 2 is 2.07 bits per heavy atom. The first-order valence-electron chi connectivity index (χ1n) is 8.97. The molecule has 1 heterocycles. The van der Waals surface area contributed by atoms with E-state index in [1.54, 1.807) is 25.1 Å². The predicted molar refractivity (Wildman–Crippen MR) is 111 cm³/mol. The van der Waals surface area contributed by atoms with Crippen molar-refractivity contribution in [2.75, 3.05) is 19.0 Å². The van der Waals surface area contributed by atoms with Crippen molar-refractivity contribution in [3.63, 3.8) is 0 Å². The van der Waals surface area contributed by atoms with E-state index >= 15 is 0 Å². The number of hydrogen-bond donors (Lipinski definition) is 3. The minimum atomic E-state index is -0.566. The van der Waals surface area contributed by atoms with E-state index < -0.39 is 6.04 Å². The first-order chi connectivity index (χ1) is 13.9. The van der Waals surface area contributed by atoms with Gasteiger partial charge in [0.1, 0.15) is 12.1 Å². The van der Waals surface area contributed by atoms with Crippen molar-refractivity contribution in [3.05, 3.63) is 47.2 Å². The molecule has 1 amide bonds. The summed E-state index contributed by atoms with van der Waals surface area (Å²) >= 11 is 6.17. The summed E-state index contributed by atoms with van der Waals surface area (Å²) in [7, 11) is 1.44. The second kappa shape index (κ2) is 8.93. The topological polar surface area (TPSA) is 122 Å². The summed E-state index contributed by atoms with van der Waals surface area (Å²) in [6, 6.07) is 7.85. The van der Waals surface area contributed by atoms with E-state index in [0.29, 0.717) is 34.7 Å². The van der Waals surface area contributed by atoms with Crippen LogP contribution >= 0.6 is 11.6 Å². The Hall–Kier alpha value is -3.10. The Kier molecular flexibility index (Phi) is 6.36. The molecule has 0 spiro atoms. The molecule has 2 aromatic carbocycles. The van der Waals surface area contributed by atoms with Gasteiger partial charge in [0.15, 0.2) is 5.75 Å². The zero-order valence-corrected chi connectivity index (χ0v) is 16.8. The van der Waals surface area contributed by atoms with Gasteiger partial charge >= 0.3 is 0 Å². The van der Waals surface area contributed by atoms with Crippen molar-refractivity contribution >= 4 is 39.9 Å². The molecule has 8 nitrogen and oxygen atoms in total. The minimum Gasteiger partial charge on any atom is -0.493 e. The molecule has 0 aliphatic carbocycles. The number of nitrogens with two attached hydrogens (primary N) is 1. The van der Waals surface area contributed by atoms with Crippen LogP contribution in [0.3, 0.4) is 0 Å². The second-order valence-corrected chi connectivity index (χ2v) is 6.94. The molecule has 0 bridgehead atoms. The lowest BCUT2D eigenvalue weighted by Gasteiger charge is -2.14. The van der Waals surface area contributed by atoms with Crippen molar-refractivity contribution in [1.82, 2.24) is 15.3 Å². The molecule has 0 aliphatic heterocycles. The van der Waals surface area contributed by atoms with Crippen molar-refractivity contribution in [3.8, 4) is 11.5 Å². The number of benzene rings is 2. The van der Waals surface area contributed by atoms with Gasteiger partial charge in [-0.15, -0.1) is 0 Å². The summed E-state index contributed by atoms with van der Waals surface area (Å²) in [6.07, 6.45) is 1.96. The molecular formula is C20H21ClN5O3. The number of ether oxygens (including phenoxy) is 1. The van der Waals surface area contributed by atoms with E-state index in [9.17, 15) is 9.90 Å². The number of anilines is 2. The Bertz CT molecular complexity index is 1040. The molecule has 29 heavy (non-hydrogen) atoms. The lowest BCUT2D eigenvalue weighted by atomic mass is 10.1. The summed E-state index contributed by atoms with van der Waals surface area (Å²) in [5.41, 5.74) is 7.78. The zero-order valence-electron chi connectivity index (χ0n) is 16.0. The maximum absolute atomic E-state index is 12.2. The molecule has 0 saturated carbocycles. The third-order valence-electron chi connectivity index (χ3n) is 4.35. The van der Waals surface area contributed by atoms with E-state index in [1.807, 2.05) is 6.07 Å². The summed E-state index contributed by atoms with van der Waals surface area (Å²) in [5.74, 6) is 0.211. The molecule has 1 radical (unpaired) electrons. The fourth-order valence-electron chi connectivity index (χ4n) is 2.82. The average Bonchev–Trinajstić information content (AvgIpc) is 2.69. The fourth-order valence-corrected chi connectivity index (χ4v) is 2.99. The number of methoxy groups -OCH3 is 1. The molecule has 1 unspecified atom stereocenters. The monoisotopic (exact) mass is 414 g/mol. The van der Waals surface area contributed by atoms with Crippen LogP contribution in [0.2, 0.25) is 5.02 Å². The van der Waals surface area contributed by atoms with Crippen LogP contribution in [0.25, 0.3) is 10.9 Å². The van der Waals surface area contributed by atoms with Gasteiger partial charge in [0, 0.05) is 34.8 Å². The molecular weight excluding hydrogens is 394 g/mol. The third-order valence-corrected chi connectivity index (χ3v) is 4.59. The summed E-state index contributed by atoms with van der Waals surface area (Å²) in [6.45, 7) is 2.05. The van der Waals surface area contributed by atoms with Crippen LogP contribution in [0.5, 0.6) is 11.5 Å². The fraction of sp³-hybridized carbons (Fsp3) is 0.250. The maximum Gasteiger partial charge on any atom is 0.236 e. The summed E-state index contributed by atoms with van der Waals surface area (Å²) in [5, 5.41) is 19.3. The van der Waals surface area contributed by atoms with E-state index in [-0.39, 0.29) is 17.4 Å². The number of rotatable bonds is 7. The number of hydrogen-bond acceptors (Lipinski definition) is 6. The third kappa shape index (κ3) is 4.85. The Morgan fingerprint density at radius 1 is 1.28 bits per heavy atom. The highest BCUT2D eigenvalue weighted by Crippen LogP contribution is 2.34. The van der Waals surface area contributed by atoms with Crippen LogP contribution in [-0.2, 0) is 16.3 Å². The van der Waals surface area contributed by atoms with Gasteiger partial charge < -0.3 is 21.1 Å². The SMILES string of the molecule is COc1cc2ncnc(Nc3cc(Cl)ccc3CCNC(=O)C(C)N)c2cc1[O]. The lowest BCUT2D eigenvalue weighted by Crippen LogP contribution is -2.39. The Morgan fingerprint density at radius 3 is 2.79 bits per heavy atom. The highest BCUT2D eigenvalue weighted by Gasteiger charge is 2.13. The number of carbonyl (C=O) groups excluding carboxylic acids is 1. The minimum absolute atomic E-state index is 0.216. The van der Waals surface area contributed by atoms with Crippen molar-refractivity contribution in [2.24, 2.45) is 5.73 Å². The van der Waals surface area contributed by atoms with Crippen LogP contribution in [0.15, 0.2) is 36.7 Å². The number of fused-ring (bicyclic) bond motifs is 1. The molecule has 3 rings (SSSR count). The van der Waals surface area contributed by atoms with E-state index in [2.05, 4.69) is 20.6 Å². The van der Waals surface area contributed by atoms with Gasteiger partial charge in [-0.3, -0.25) is 9.90 Å². The highest BCUT2D eigenvalue weighted by atomic mass is 35.5. The molecule has 1 aromatic heterocycles. The maximum atomic E-state index is 12.2. The standard InChI is InChI=1S/C20H21ClN5O3/c1-11(22)20(28)23-6-5-12-3-4-13(21)7-15(12)26-19-14-8-17(27)18(29-2)9-16(14)24-10-25-19/h3-4,7-11H,5-6,22H2,1-2H3,(H,23,28)(H,24,25,26). The normalized spacial score (nSPS) is 11.9. The molecule has 151 valence electrons. The molecule has 9 heteroatoms. The number of amides is 1. The van der Waals surface area contributed by atoms with E-state index in [0.717, 1.165) is 11.3 Å². The van der Waals surface area contributed by atoms with Gasteiger partial charge in [0.25, 0.3) is 0 Å². The van der Waals surface area contributed by atoms with E-state index in [4.69, 9.17) is 22.1 Å². The smallest absolute Gasteiger partial charge is 0.236 e. The van der Waals surface area contributed by atoms with Crippen LogP contribution in [0.1, 0.15) is 12.5 Å². The van der Waals surface area contributed by atoms with Crippen molar-refractivity contribution in [2.45, 2.75) is 19.4 Å². The van der Waals surface area contributed by atoms with Gasteiger partial charge in [-0.25, -0.2) is 9.97 Å². The number of nitrogens with zero attached hydrogens (tertiary/aromatic N) is 2. The average molecular weight is 415 g/mol. The van der Waals surface area contributed by atoms with Gasteiger partial charge in [-0.1, -0.05) is 17.7 Å². The van der Waals surface area contributed by atoms with E-state index in [1.165, 1.54) is 19.5 Å². The molecule has 1 atom stereocenters. The van der Waals surface area contributed by atoms with Crippen molar-refractivity contribution < 1.29 is 14.6 Å². The molecule has 0 fully saturated rings. The number of carbonyl (C=O) groups is 1. The van der Waals surface area contributed by atoms with Crippen LogP contribution in [0.4, 0.5) is 11.5 Å². The Balaban J connectivity index is 1.89. The quantitative estimate of drug-likeness (QED) is 0.545. The highest BCUT2D eigenvalue weighted by molar-refractivity contribution is 6.30. The molecule has 0 aliphatic rings. The number of halogens is 1. The van der Waals surface area contributed by atoms with Gasteiger partial charge in [-0.2, -0.15) is 0 Å². The molecule has 4 N–H and O–H groups in total. The number of nitrogens with one attached hydrogen (secondary N) is 2. The Labute approximate surface area is 173 Å². The zero-order chi connectivity index (χ0) is 21.0. The van der Waals surface area contributed by atoms with Crippen LogP contribution in [0, 0.1) is 0 Å². The first-order valence-corrected chi connectivity index (χ1v) is 9.35. The summed E-state index contributed by atoms with van der Waals surface area (Å²) < 4.78 is 5.07.